The molecule has 29 heavy (non-hydrogen) atoms. The molecule has 0 aromatic heterocycles. The Hall–Kier alpha value is -3.82. The zero-order chi connectivity index (χ0) is 21.0. The fraction of sp³-hybridized carbons (Fsp3) is 0.263. The zero-order valence-electron chi connectivity index (χ0n) is 15.7. The highest BCUT2D eigenvalue weighted by atomic mass is 16.7. The third kappa shape index (κ3) is 4.54. The first-order chi connectivity index (χ1) is 13.9. The maximum Gasteiger partial charge on any atom is 0.342 e. The first-order valence-corrected chi connectivity index (χ1v) is 8.58. The number of nitro groups is 1. The van der Waals surface area contributed by atoms with E-state index >= 15 is 0 Å². The van der Waals surface area contributed by atoms with Gasteiger partial charge in [-0.15, -0.1) is 0 Å². The summed E-state index contributed by atoms with van der Waals surface area (Å²) in [4.78, 5) is 34.9. The second-order valence-electron chi connectivity index (χ2n) is 6.09. The van der Waals surface area contributed by atoms with Crippen LogP contribution in [0.2, 0.25) is 0 Å². The number of carbonyl (C=O) groups is 2. The monoisotopic (exact) mass is 402 g/mol. The molecule has 0 unspecified atom stereocenters. The lowest BCUT2D eigenvalue weighted by molar-refractivity contribution is -0.384. The third-order valence-electron chi connectivity index (χ3n) is 4.17. The Morgan fingerprint density at radius 1 is 1.21 bits per heavy atom. The normalized spacial score (nSPS) is 12.8. The Kier molecular flexibility index (Phi) is 5.82. The maximum atomic E-state index is 12.4. The van der Waals surface area contributed by atoms with E-state index in [4.69, 9.17) is 18.9 Å². The Morgan fingerprint density at radius 3 is 2.69 bits per heavy atom. The van der Waals surface area contributed by atoms with Crippen LogP contribution in [0.1, 0.15) is 22.8 Å². The molecule has 2 aromatic carbocycles. The van der Waals surface area contributed by atoms with Crippen LogP contribution in [0.25, 0.3) is 0 Å². The Balaban J connectivity index is 1.61. The molecule has 10 heteroatoms. The molecule has 3 rings (SSSR count). The van der Waals surface area contributed by atoms with Gasteiger partial charge in [0, 0.05) is 18.7 Å². The van der Waals surface area contributed by atoms with Crippen LogP contribution >= 0.6 is 0 Å². The number of rotatable bonds is 7. The molecular weight excluding hydrogens is 384 g/mol. The van der Waals surface area contributed by atoms with Crippen LogP contribution in [-0.2, 0) is 16.1 Å². The molecule has 1 N–H and O–H groups in total. The van der Waals surface area contributed by atoms with Crippen molar-refractivity contribution in [1.82, 2.24) is 5.32 Å². The lowest BCUT2D eigenvalue weighted by Gasteiger charge is -2.15. The highest BCUT2D eigenvalue weighted by molar-refractivity contribution is 5.95. The number of esters is 1. The molecule has 0 saturated carbocycles. The summed E-state index contributed by atoms with van der Waals surface area (Å²) in [5, 5.41) is 13.6. The fourth-order valence-electron chi connectivity index (χ4n) is 2.63. The van der Waals surface area contributed by atoms with Crippen molar-refractivity contribution in [2.75, 3.05) is 13.9 Å². The van der Waals surface area contributed by atoms with Gasteiger partial charge < -0.3 is 24.3 Å². The molecule has 1 atom stereocenters. The quantitative estimate of drug-likeness (QED) is 0.424. The van der Waals surface area contributed by atoms with Gasteiger partial charge in [-0.05, 0) is 30.7 Å². The van der Waals surface area contributed by atoms with E-state index in [0.29, 0.717) is 11.5 Å². The Bertz CT molecular complexity index is 959. The fourth-order valence-corrected chi connectivity index (χ4v) is 2.63. The lowest BCUT2D eigenvalue weighted by Crippen LogP contribution is -2.35. The van der Waals surface area contributed by atoms with Crippen LogP contribution < -0.4 is 19.5 Å². The second-order valence-corrected chi connectivity index (χ2v) is 6.09. The van der Waals surface area contributed by atoms with E-state index < -0.39 is 22.9 Å². The van der Waals surface area contributed by atoms with Crippen molar-refractivity contribution in [1.29, 1.82) is 0 Å². The minimum absolute atomic E-state index is 0.105. The third-order valence-corrected chi connectivity index (χ3v) is 4.17. The van der Waals surface area contributed by atoms with Crippen LogP contribution in [0.15, 0.2) is 36.4 Å². The second kappa shape index (κ2) is 8.46. The Morgan fingerprint density at radius 2 is 1.97 bits per heavy atom. The molecule has 1 heterocycles. The van der Waals surface area contributed by atoms with E-state index in [9.17, 15) is 19.7 Å². The summed E-state index contributed by atoms with van der Waals surface area (Å²) in [6.07, 6.45) is -1.12. The minimum atomic E-state index is -1.12. The van der Waals surface area contributed by atoms with Gasteiger partial charge in [0.15, 0.2) is 17.6 Å². The van der Waals surface area contributed by atoms with Crippen molar-refractivity contribution in [3.05, 3.63) is 57.6 Å². The molecule has 0 bridgehead atoms. The van der Waals surface area contributed by atoms with Crippen molar-refractivity contribution in [2.24, 2.45) is 0 Å². The summed E-state index contributed by atoms with van der Waals surface area (Å²) >= 11 is 0. The smallest absolute Gasteiger partial charge is 0.342 e. The summed E-state index contributed by atoms with van der Waals surface area (Å²) in [6, 6.07) is 8.79. The number of benzene rings is 2. The van der Waals surface area contributed by atoms with E-state index in [0.717, 1.165) is 11.6 Å². The highest BCUT2D eigenvalue weighted by Crippen LogP contribution is 2.32. The molecule has 10 nitrogen and oxygen atoms in total. The summed E-state index contributed by atoms with van der Waals surface area (Å²) in [6.45, 7) is 1.74. The van der Waals surface area contributed by atoms with E-state index in [-0.39, 0.29) is 30.3 Å². The van der Waals surface area contributed by atoms with Crippen LogP contribution in [0.3, 0.4) is 0 Å². The number of nitro benzene ring substituents is 1. The molecule has 0 saturated heterocycles. The number of methoxy groups -OCH3 is 1. The van der Waals surface area contributed by atoms with Crippen LogP contribution in [0.4, 0.5) is 5.69 Å². The van der Waals surface area contributed by atoms with E-state index in [1.165, 1.54) is 26.2 Å². The number of carbonyl (C=O) groups excluding carboxylic acids is 2. The standard InChI is InChI=1S/C19H18N2O8/c1-11(18(22)20-9-12-3-5-16-17(7-12)28-10-27-16)29-19(23)14-8-13(21(24)25)4-6-15(14)26-2/h3-8,11H,9-10H2,1-2H3,(H,20,22)/t11-/m0/s1. The molecule has 152 valence electrons. The first-order valence-electron chi connectivity index (χ1n) is 8.58. The van der Waals surface area contributed by atoms with Gasteiger partial charge in [0.05, 0.1) is 12.0 Å². The average Bonchev–Trinajstić information content (AvgIpc) is 3.19. The topological polar surface area (TPSA) is 126 Å². The predicted octanol–water partition coefficient (Wildman–Crippen LogP) is 2.19. The molecule has 1 aliphatic rings. The highest BCUT2D eigenvalue weighted by Gasteiger charge is 2.23. The number of hydrogen-bond acceptors (Lipinski definition) is 8. The van der Waals surface area contributed by atoms with Crippen molar-refractivity contribution < 1.29 is 33.5 Å². The zero-order valence-corrected chi connectivity index (χ0v) is 15.7. The van der Waals surface area contributed by atoms with Crippen molar-refractivity contribution >= 4 is 17.6 Å². The molecule has 0 spiro atoms. The van der Waals surface area contributed by atoms with Gasteiger partial charge in [0.25, 0.3) is 11.6 Å². The predicted molar refractivity (Wildman–Crippen MR) is 98.9 cm³/mol. The van der Waals surface area contributed by atoms with Gasteiger partial charge >= 0.3 is 5.97 Å². The summed E-state index contributed by atoms with van der Waals surface area (Å²) in [5.41, 5.74) is 0.344. The maximum absolute atomic E-state index is 12.4. The van der Waals surface area contributed by atoms with Crippen molar-refractivity contribution in [3.63, 3.8) is 0 Å². The molecule has 0 aliphatic carbocycles. The SMILES string of the molecule is COc1ccc([N+](=O)[O-])cc1C(=O)O[C@@H](C)C(=O)NCc1ccc2c(c1)OCO2. The molecule has 1 aliphatic heterocycles. The van der Waals surface area contributed by atoms with Gasteiger partial charge in [-0.3, -0.25) is 14.9 Å². The van der Waals surface area contributed by atoms with Gasteiger partial charge in [0.2, 0.25) is 6.79 Å². The summed E-state index contributed by atoms with van der Waals surface area (Å²) in [7, 11) is 1.32. The van der Waals surface area contributed by atoms with Crippen molar-refractivity contribution in [3.8, 4) is 17.2 Å². The summed E-state index contributed by atoms with van der Waals surface area (Å²) in [5.74, 6) is -0.104. The molecule has 1 amide bonds. The number of hydrogen-bond donors (Lipinski definition) is 1. The largest absolute Gasteiger partial charge is 0.496 e. The van der Waals surface area contributed by atoms with Crippen LogP contribution in [0, 0.1) is 10.1 Å². The van der Waals surface area contributed by atoms with Gasteiger partial charge in [-0.2, -0.15) is 0 Å². The first kappa shape index (κ1) is 19.9. The number of non-ortho nitro benzene ring substituents is 1. The number of amides is 1. The minimum Gasteiger partial charge on any atom is -0.496 e. The number of nitrogens with zero attached hydrogens (tertiary/aromatic N) is 1. The van der Waals surface area contributed by atoms with Crippen molar-refractivity contribution in [2.45, 2.75) is 19.6 Å². The number of nitrogens with one attached hydrogen (secondary N) is 1. The van der Waals surface area contributed by atoms with E-state index in [2.05, 4.69) is 5.32 Å². The summed E-state index contributed by atoms with van der Waals surface area (Å²) < 4.78 is 20.7. The molecule has 0 radical (unpaired) electrons. The van der Waals surface area contributed by atoms with Gasteiger partial charge in [0.1, 0.15) is 11.3 Å². The average molecular weight is 402 g/mol. The van der Waals surface area contributed by atoms with Crippen LogP contribution in [0.5, 0.6) is 17.2 Å². The number of fused-ring (bicyclic) bond motifs is 1. The van der Waals surface area contributed by atoms with Crippen LogP contribution in [-0.4, -0.2) is 36.8 Å². The molecular formula is C19H18N2O8. The number of ether oxygens (including phenoxy) is 4. The van der Waals surface area contributed by atoms with E-state index in [1.807, 2.05) is 0 Å². The molecule has 2 aromatic rings. The Labute approximate surface area is 165 Å². The van der Waals surface area contributed by atoms with Gasteiger partial charge in [-0.25, -0.2) is 4.79 Å². The molecule has 0 fully saturated rings. The van der Waals surface area contributed by atoms with E-state index in [1.54, 1.807) is 18.2 Å². The lowest BCUT2D eigenvalue weighted by atomic mass is 10.1. The van der Waals surface area contributed by atoms with Gasteiger partial charge in [-0.1, -0.05) is 6.07 Å².